The van der Waals surface area contributed by atoms with Gasteiger partial charge in [-0.2, -0.15) is 0 Å². The maximum atomic E-state index is 11.9. The molecular formula is C24H23NO2. The monoisotopic (exact) mass is 357 g/mol. The molecule has 136 valence electrons. The molecule has 0 aromatic heterocycles. The molecule has 3 aromatic rings. The molecule has 4 rings (SSSR count). The molecule has 0 spiro atoms. The van der Waals surface area contributed by atoms with E-state index < -0.39 is 0 Å². The standard InChI is InChI=1S/C24H23NO2/c1-15-24(2,3)21-20-11-6-5-9-17(20)14-19(22(21)25-15)13-16-8-7-10-18(12-16)23(26)27-4/h5-12,14H,13H2,1-4H3. The number of methoxy groups -OCH3 is 1. The lowest BCUT2D eigenvalue weighted by molar-refractivity contribution is 0.0600. The zero-order valence-corrected chi connectivity index (χ0v) is 16.2. The summed E-state index contributed by atoms with van der Waals surface area (Å²) in [5, 5.41) is 2.50. The first-order valence-corrected chi connectivity index (χ1v) is 9.20. The Labute approximate surface area is 159 Å². The lowest BCUT2D eigenvalue weighted by Gasteiger charge is -2.23. The fraction of sp³-hybridized carbons (Fsp3) is 0.250. The summed E-state index contributed by atoms with van der Waals surface area (Å²) in [7, 11) is 1.41. The Kier molecular flexibility index (Phi) is 4.11. The molecule has 0 fully saturated rings. The number of rotatable bonds is 3. The predicted octanol–water partition coefficient (Wildman–Crippen LogP) is 5.60. The molecule has 1 aliphatic rings. The first kappa shape index (κ1) is 17.5. The van der Waals surface area contributed by atoms with Gasteiger partial charge < -0.3 is 4.74 Å². The van der Waals surface area contributed by atoms with E-state index in [1.807, 2.05) is 18.2 Å². The minimum Gasteiger partial charge on any atom is -0.465 e. The zero-order chi connectivity index (χ0) is 19.2. The van der Waals surface area contributed by atoms with Crippen LogP contribution in [-0.2, 0) is 16.6 Å². The summed E-state index contributed by atoms with van der Waals surface area (Å²) in [6.07, 6.45) is 0.727. The Hall–Kier alpha value is -2.94. The second-order valence-corrected chi connectivity index (χ2v) is 7.67. The summed E-state index contributed by atoms with van der Waals surface area (Å²) in [4.78, 5) is 16.8. The van der Waals surface area contributed by atoms with E-state index in [0.29, 0.717) is 5.56 Å². The molecule has 0 unspecified atom stereocenters. The summed E-state index contributed by atoms with van der Waals surface area (Å²) in [6, 6.07) is 18.4. The average molecular weight is 357 g/mol. The van der Waals surface area contributed by atoms with Crippen LogP contribution >= 0.6 is 0 Å². The van der Waals surface area contributed by atoms with Crippen molar-refractivity contribution in [1.82, 2.24) is 0 Å². The molecule has 0 saturated carbocycles. The number of hydrogen-bond donors (Lipinski definition) is 0. The van der Waals surface area contributed by atoms with Gasteiger partial charge in [0.2, 0.25) is 0 Å². The van der Waals surface area contributed by atoms with Gasteiger partial charge in [-0.25, -0.2) is 4.79 Å². The fourth-order valence-electron chi connectivity index (χ4n) is 3.92. The van der Waals surface area contributed by atoms with Crippen LogP contribution in [0.25, 0.3) is 10.8 Å². The summed E-state index contributed by atoms with van der Waals surface area (Å²) in [5.74, 6) is -0.310. The van der Waals surface area contributed by atoms with Crippen LogP contribution in [0, 0.1) is 0 Å². The molecule has 3 heteroatoms. The van der Waals surface area contributed by atoms with Crippen molar-refractivity contribution in [2.45, 2.75) is 32.6 Å². The lowest BCUT2D eigenvalue weighted by Crippen LogP contribution is -2.23. The quantitative estimate of drug-likeness (QED) is 0.572. The third-order valence-electron chi connectivity index (χ3n) is 5.65. The maximum absolute atomic E-state index is 11.9. The van der Waals surface area contributed by atoms with Gasteiger partial charge in [0.05, 0.1) is 18.4 Å². The molecule has 3 aromatic carbocycles. The fourth-order valence-corrected chi connectivity index (χ4v) is 3.92. The topological polar surface area (TPSA) is 38.7 Å². The molecule has 0 bridgehead atoms. The Bertz CT molecular complexity index is 1090. The van der Waals surface area contributed by atoms with E-state index in [-0.39, 0.29) is 11.4 Å². The maximum Gasteiger partial charge on any atom is 0.337 e. The first-order valence-electron chi connectivity index (χ1n) is 9.20. The van der Waals surface area contributed by atoms with Gasteiger partial charge in [-0.3, -0.25) is 4.99 Å². The van der Waals surface area contributed by atoms with Crippen LogP contribution in [0.2, 0.25) is 0 Å². The Morgan fingerprint density at radius 1 is 1.07 bits per heavy atom. The molecule has 0 amide bonds. The molecule has 0 aliphatic carbocycles. The predicted molar refractivity (Wildman–Crippen MR) is 110 cm³/mol. The highest BCUT2D eigenvalue weighted by Gasteiger charge is 2.35. The van der Waals surface area contributed by atoms with Crippen LogP contribution in [0.3, 0.4) is 0 Å². The van der Waals surface area contributed by atoms with E-state index in [1.165, 1.54) is 29.0 Å². The van der Waals surface area contributed by atoms with Gasteiger partial charge in [0.1, 0.15) is 0 Å². The lowest BCUT2D eigenvalue weighted by atomic mass is 9.78. The van der Waals surface area contributed by atoms with Crippen molar-refractivity contribution in [3.63, 3.8) is 0 Å². The van der Waals surface area contributed by atoms with Crippen LogP contribution in [0.1, 0.15) is 47.8 Å². The molecule has 27 heavy (non-hydrogen) atoms. The number of hydrogen-bond acceptors (Lipinski definition) is 3. The minimum atomic E-state index is -0.310. The molecule has 1 aliphatic heterocycles. The highest BCUT2D eigenvalue weighted by Crippen LogP contribution is 2.46. The summed E-state index contributed by atoms with van der Waals surface area (Å²) in [5.41, 5.74) is 6.28. The molecule has 3 nitrogen and oxygen atoms in total. The molecule has 1 heterocycles. The number of ether oxygens (including phenoxy) is 1. The average Bonchev–Trinajstić information content (AvgIpc) is 2.91. The Morgan fingerprint density at radius 2 is 1.85 bits per heavy atom. The molecule has 0 radical (unpaired) electrons. The number of carbonyl (C=O) groups is 1. The number of aliphatic imine (C=N–C) groups is 1. The van der Waals surface area contributed by atoms with Gasteiger partial charge in [-0.05, 0) is 59.0 Å². The van der Waals surface area contributed by atoms with Crippen molar-refractivity contribution in [1.29, 1.82) is 0 Å². The SMILES string of the molecule is COC(=O)c1cccc(Cc2cc3ccccc3c3c2N=C(C)C3(C)C)c1. The first-order chi connectivity index (χ1) is 12.9. The van der Waals surface area contributed by atoms with Crippen molar-refractivity contribution in [2.24, 2.45) is 4.99 Å². The molecule has 0 saturated heterocycles. The van der Waals surface area contributed by atoms with E-state index in [0.717, 1.165) is 23.4 Å². The number of esters is 1. The second kappa shape index (κ2) is 6.34. The summed E-state index contributed by atoms with van der Waals surface area (Å²) >= 11 is 0. The number of nitrogens with zero attached hydrogens (tertiary/aromatic N) is 1. The highest BCUT2D eigenvalue weighted by molar-refractivity contribution is 6.07. The smallest absolute Gasteiger partial charge is 0.337 e. The summed E-state index contributed by atoms with van der Waals surface area (Å²) < 4.78 is 4.85. The summed E-state index contributed by atoms with van der Waals surface area (Å²) in [6.45, 7) is 6.59. The third-order valence-corrected chi connectivity index (χ3v) is 5.65. The van der Waals surface area contributed by atoms with Crippen molar-refractivity contribution < 1.29 is 9.53 Å². The number of benzene rings is 3. The van der Waals surface area contributed by atoms with Gasteiger partial charge in [0, 0.05) is 11.1 Å². The number of carbonyl (C=O) groups excluding carboxylic acids is 1. The molecular weight excluding hydrogens is 334 g/mol. The van der Waals surface area contributed by atoms with Crippen LogP contribution < -0.4 is 0 Å². The van der Waals surface area contributed by atoms with Crippen LogP contribution in [0.5, 0.6) is 0 Å². The van der Waals surface area contributed by atoms with Crippen molar-refractivity contribution in [3.8, 4) is 0 Å². The van der Waals surface area contributed by atoms with Crippen LogP contribution in [0.4, 0.5) is 5.69 Å². The normalized spacial score (nSPS) is 14.7. The van der Waals surface area contributed by atoms with Crippen molar-refractivity contribution in [3.05, 3.63) is 76.9 Å². The minimum absolute atomic E-state index is 0.0845. The van der Waals surface area contributed by atoms with E-state index in [4.69, 9.17) is 9.73 Å². The van der Waals surface area contributed by atoms with E-state index >= 15 is 0 Å². The Balaban J connectivity index is 1.87. The third kappa shape index (κ3) is 2.84. The van der Waals surface area contributed by atoms with E-state index in [9.17, 15) is 4.79 Å². The van der Waals surface area contributed by atoms with Crippen LogP contribution in [0.15, 0.2) is 59.6 Å². The van der Waals surface area contributed by atoms with Crippen LogP contribution in [-0.4, -0.2) is 18.8 Å². The zero-order valence-electron chi connectivity index (χ0n) is 16.2. The van der Waals surface area contributed by atoms with Gasteiger partial charge in [0.15, 0.2) is 0 Å². The second-order valence-electron chi connectivity index (χ2n) is 7.67. The number of fused-ring (bicyclic) bond motifs is 3. The Morgan fingerprint density at radius 3 is 2.63 bits per heavy atom. The van der Waals surface area contributed by atoms with E-state index in [1.54, 1.807) is 6.07 Å². The van der Waals surface area contributed by atoms with Crippen molar-refractivity contribution in [2.75, 3.05) is 7.11 Å². The van der Waals surface area contributed by atoms with Gasteiger partial charge in [-0.1, -0.05) is 50.2 Å². The molecule has 0 N–H and O–H groups in total. The molecule has 0 atom stereocenters. The highest BCUT2D eigenvalue weighted by atomic mass is 16.5. The largest absolute Gasteiger partial charge is 0.465 e. The van der Waals surface area contributed by atoms with Gasteiger partial charge in [0.25, 0.3) is 0 Å². The van der Waals surface area contributed by atoms with Gasteiger partial charge in [-0.15, -0.1) is 0 Å². The van der Waals surface area contributed by atoms with Crippen molar-refractivity contribution >= 4 is 28.1 Å². The van der Waals surface area contributed by atoms with E-state index in [2.05, 4.69) is 51.1 Å². The van der Waals surface area contributed by atoms with Gasteiger partial charge >= 0.3 is 5.97 Å².